The van der Waals surface area contributed by atoms with E-state index in [0.717, 1.165) is 10.9 Å². The second-order valence-electron chi connectivity index (χ2n) is 4.68. The second-order valence-corrected chi connectivity index (χ2v) is 4.68. The summed E-state index contributed by atoms with van der Waals surface area (Å²) >= 11 is 0. The molecule has 0 aliphatic rings. The van der Waals surface area contributed by atoms with Crippen LogP contribution < -0.4 is 11.1 Å². The number of carbonyl (C=O) groups excluding carboxylic acids is 2. The van der Waals surface area contributed by atoms with E-state index in [4.69, 9.17) is 5.73 Å². The summed E-state index contributed by atoms with van der Waals surface area (Å²) in [6, 6.07) is 13.8. The van der Waals surface area contributed by atoms with Gasteiger partial charge in [-0.25, -0.2) is 0 Å². The zero-order valence-corrected chi connectivity index (χ0v) is 11.1. The SMILES string of the molecule is NC(=O)c1ccc(NC(=O)c2ccc3[nH]ccc3c2)cc1. The monoisotopic (exact) mass is 279 g/mol. The molecule has 5 heteroatoms. The van der Waals surface area contributed by atoms with Gasteiger partial charge in [0.2, 0.25) is 5.91 Å². The fourth-order valence-corrected chi connectivity index (χ4v) is 2.12. The van der Waals surface area contributed by atoms with Crippen molar-refractivity contribution in [3.05, 3.63) is 65.9 Å². The van der Waals surface area contributed by atoms with Gasteiger partial charge in [-0.2, -0.15) is 0 Å². The van der Waals surface area contributed by atoms with Crippen LogP contribution in [0.1, 0.15) is 20.7 Å². The predicted molar refractivity (Wildman–Crippen MR) is 81.2 cm³/mol. The third kappa shape index (κ3) is 2.62. The number of nitrogens with two attached hydrogens (primary N) is 1. The first-order chi connectivity index (χ1) is 10.1. The summed E-state index contributed by atoms with van der Waals surface area (Å²) < 4.78 is 0. The van der Waals surface area contributed by atoms with E-state index < -0.39 is 5.91 Å². The molecule has 0 unspecified atom stereocenters. The van der Waals surface area contributed by atoms with Gasteiger partial charge in [-0.05, 0) is 48.5 Å². The molecule has 2 amide bonds. The molecule has 0 aliphatic carbocycles. The third-order valence-electron chi connectivity index (χ3n) is 3.24. The fraction of sp³-hybridized carbons (Fsp3) is 0. The van der Waals surface area contributed by atoms with E-state index in [-0.39, 0.29) is 5.91 Å². The quantitative estimate of drug-likeness (QED) is 0.687. The minimum absolute atomic E-state index is 0.204. The maximum absolute atomic E-state index is 12.2. The standard InChI is InChI=1S/C16H13N3O2/c17-15(20)10-1-4-13(5-2-10)19-16(21)12-3-6-14-11(9-12)7-8-18-14/h1-9,18H,(H2,17,20)(H,19,21). The summed E-state index contributed by atoms with van der Waals surface area (Å²) in [5.74, 6) is -0.698. The van der Waals surface area contributed by atoms with Crippen molar-refractivity contribution in [1.29, 1.82) is 0 Å². The van der Waals surface area contributed by atoms with Gasteiger partial charge < -0.3 is 16.0 Å². The summed E-state index contributed by atoms with van der Waals surface area (Å²) in [4.78, 5) is 26.2. The number of nitrogens with one attached hydrogen (secondary N) is 2. The summed E-state index contributed by atoms with van der Waals surface area (Å²) in [5, 5.41) is 3.76. The number of aromatic nitrogens is 1. The van der Waals surface area contributed by atoms with Crippen molar-refractivity contribution in [2.45, 2.75) is 0 Å². The Balaban J connectivity index is 1.80. The van der Waals surface area contributed by atoms with Crippen molar-refractivity contribution < 1.29 is 9.59 Å². The topological polar surface area (TPSA) is 88.0 Å². The molecule has 0 fully saturated rings. The van der Waals surface area contributed by atoms with Crippen molar-refractivity contribution in [2.75, 3.05) is 5.32 Å². The smallest absolute Gasteiger partial charge is 0.255 e. The summed E-state index contributed by atoms with van der Waals surface area (Å²) in [6.45, 7) is 0. The molecule has 0 bridgehead atoms. The number of carbonyl (C=O) groups is 2. The first-order valence-electron chi connectivity index (χ1n) is 6.42. The Morgan fingerprint density at radius 1 is 0.952 bits per heavy atom. The normalized spacial score (nSPS) is 10.5. The van der Waals surface area contributed by atoms with Crippen LogP contribution in [0.5, 0.6) is 0 Å². The van der Waals surface area contributed by atoms with Crippen LogP contribution in [0.2, 0.25) is 0 Å². The number of aromatic amines is 1. The lowest BCUT2D eigenvalue weighted by molar-refractivity contribution is 0.0998. The van der Waals surface area contributed by atoms with Gasteiger partial charge in [-0.3, -0.25) is 9.59 Å². The average molecular weight is 279 g/mol. The number of anilines is 1. The van der Waals surface area contributed by atoms with Crippen LogP contribution in [0, 0.1) is 0 Å². The molecular weight excluding hydrogens is 266 g/mol. The van der Waals surface area contributed by atoms with Crippen molar-refractivity contribution in [1.82, 2.24) is 4.98 Å². The molecule has 0 saturated heterocycles. The fourth-order valence-electron chi connectivity index (χ4n) is 2.12. The summed E-state index contributed by atoms with van der Waals surface area (Å²) in [6.07, 6.45) is 1.83. The van der Waals surface area contributed by atoms with E-state index in [1.165, 1.54) is 0 Å². The van der Waals surface area contributed by atoms with Crippen molar-refractivity contribution in [3.8, 4) is 0 Å². The van der Waals surface area contributed by atoms with Crippen LogP contribution in [-0.4, -0.2) is 16.8 Å². The highest BCUT2D eigenvalue weighted by Crippen LogP contribution is 2.16. The molecule has 3 rings (SSSR count). The number of rotatable bonds is 3. The zero-order valence-electron chi connectivity index (χ0n) is 11.1. The van der Waals surface area contributed by atoms with E-state index in [9.17, 15) is 9.59 Å². The van der Waals surface area contributed by atoms with Gasteiger partial charge in [-0.15, -0.1) is 0 Å². The molecule has 4 N–H and O–H groups in total. The zero-order chi connectivity index (χ0) is 14.8. The summed E-state index contributed by atoms with van der Waals surface area (Å²) in [5.41, 5.74) is 7.74. The maximum atomic E-state index is 12.2. The van der Waals surface area contributed by atoms with Crippen LogP contribution in [0.4, 0.5) is 5.69 Å². The Labute approximate surface area is 120 Å². The van der Waals surface area contributed by atoms with Gasteiger partial charge in [0.1, 0.15) is 0 Å². The number of amides is 2. The molecule has 5 nitrogen and oxygen atoms in total. The van der Waals surface area contributed by atoms with E-state index in [1.807, 2.05) is 24.4 Å². The molecule has 104 valence electrons. The van der Waals surface area contributed by atoms with Crippen molar-refractivity contribution in [2.24, 2.45) is 5.73 Å². The summed E-state index contributed by atoms with van der Waals surface area (Å²) in [7, 11) is 0. The molecule has 1 aromatic heterocycles. The van der Waals surface area contributed by atoms with Gasteiger partial charge in [0.25, 0.3) is 5.91 Å². The molecule has 0 aliphatic heterocycles. The van der Waals surface area contributed by atoms with Gasteiger partial charge in [-0.1, -0.05) is 0 Å². The third-order valence-corrected chi connectivity index (χ3v) is 3.24. The lowest BCUT2D eigenvalue weighted by atomic mass is 10.1. The molecule has 0 spiro atoms. The Bertz CT molecular complexity index is 819. The van der Waals surface area contributed by atoms with Gasteiger partial charge in [0.15, 0.2) is 0 Å². The van der Waals surface area contributed by atoms with Crippen LogP contribution in [0.25, 0.3) is 10.9 Å². The van der Waals surface area contributed by atoms with Gasteiger partial charge >= 0.3 is 0 Å². The number of primary amides is 1. The molecule has 0 radical (unpaired) electrons. The Hall–Kier alpha value is -3.08. The molecule has 3 aromatic rings. The Morgan fingerprint density at radius 2 is 1.67 bits per heavy atom. The van der Waals surface area contributed by atoms with Crippen molar-refractivity contribution in [3.63, 3.8) is 0 Å². The van der Waals surface area contributed by atoms with Crippen LogP contribution in [0.15, 0.2) is 54.7 Å². The predicted octanol–water partition coefficient (Wildman–Crippen LogP) is 2.52. The van der Waals surface area contributed by atoms with Crippen LogP contribution in [0.3, 0.4) is 0 Å². The van der Waals surface area contributed by atoms with E-state index >= 15 is 0 Å². The minimum atomic E-state index is -0.495. The van der Waals surface area contributed by atoms with E-state index in [0.29, 0.717) is 16.8 Å². The van der Waals surface area contributed by atoms with Gasteiger partial charge in [0.05, 0.1) is 0 Å². The molecule has 1 heterocycles. The largest absolute Gasteiger partial charge is 0.366 e. The number of fused-ring (bicyclic) bond motifs is 1. The van der Waals surface area contributed by atoms with Crippen molar-refractivity contribution >= 4 is 28.4 Å². The molecule has 0 saturated carbocycles. The lowest BCUT2D eigenvalue weighted by Gasteiger charge is -2.06. The average Bonchev–Trinajstić information content (AvgIpc) is 2.95. The van der Waals surface area contributed by atoms with E-state index in [1.54, 1.807) is 30.3 Å². The number of benzene rings is 2. The highest BCUT2D eigenvalue weighted by atomic mass is 16.2. The Kier molecular flexibility index (Phi) is 3.16. The highest BCUT2D eigenvalue weighted by Gasteiger charge is 2.08. The first-order valence-corrected chi connectivity index (χ1v) is 6.42. The maximum Gasteiger partial charge on any atom is 0.255 e. The Morgan fingerprint density at radius 3 is 2.38 bits per heavy atom. The molecular formula is C16H13N3O2. The number of H-pyrrole nitrogens is 1. The minimum Gasteiger partial charge on any atom is -0.366 e. The number of hydrogen-bond donors (Lipinski definition) is 3. The number of hydrogen-bond acceptors (Lipinski definition) is 2. The molecule has 2 aromatic carbocycles. The first kappa shape index (κ1) is 12.9. The van der Waals surface area contributed by atoms with Gasteiger partial charge in [0, 0.05) is 33.9 Å². The van der Waals surface area contributed by atoms with Crippen LogP contribution in [-0.2, 0) is 0 Å². The lowest BCUT2D eigenvalue weighted by Crippen LogP contribution is -2.13. The molecule has 0 atom stereocenters. The van der Waals surface area contributed by atoms with Crippen LogP contribution >= 0.6 is 0 Å². The van der Waals surface area contributed by atoms with E-state index in [2.05, 4.69) is 10.3 Å². The second kappa shape index (κ2) is 5.13. The molecule has 21 heavy (non-hydrogen) atoms. The highest BCUT2D eigenvalue weighted by molar-refractivity contribution is 6.06.